The van der Waals surface area contributed by atoms with Crippen molar-refractivity contribution >= 4 is 16.6 Å². The van der Waals surface area contributed by atoms with E-state index in [1.807, 2.05) is 36.4 Å². The van der Waals surface area contributed by atoms with Crippen molar-refractivity contribution in [3.05, 3.63) is 66.1 Å². The maximum Gasteiger partial charge on any atom is 0.165 e. The van der Waals surface area contributed by atoms with Crippen molar-refractivity contribution in [3.63, 3.8) is 0 Å². The third-order valence-corrected chi connectivity index (χ3v) is 3.33. The van der Waals surface area contributed by atoms with Crippen LogP contribution >= 0.6 is 0 Å². The van der Waals surface area contributed by atoms with E-state index < -0.39 is 0 Å². The van der Waals surface area contributed by atoms with Gasteiger partial charge in [0.05, 0.1) is 18.3 Å². The molecule has 0 spiro atoms. The zero-order chi connectivity index (χ0) is 14.7. The maximum absolute atomic E-state index is 13.7. The summed E-state index contributed by atoms with van der Waals surface area (Å²) in [6.07, 6.45) is 1.76. The summed E-state index contributed by atoms with van der Waals surface area (Å²) in [4.78, 5) is 4.38. The van der Waals surface area contributed by atoms with E-state index in [2.05, 4.69) is 10.3 Å². The van der Waals surface area contributed by atoms with Crippen LogP contribution in [0.3, 0.4) is 0 Å². The van der Waals surface area contributed by atoms with Crippen LogP contribution in [0.1, 0.15) is 5.56 Å². The van der Waals surface area contributed by atoms with Gasteiger partial charge in [0.25, 0.3) is 0 Å². The first-order valence-corrected chi connectivity index (χ1v) is 6.68. The number of methoxy groups -OCH3 is 1. The fourth-order valence-electron chi connectivity index (χ4n) is 2.26. The van der Waals surface area contributed by atoms with Crippen LogP contribution < -0.4 is 10.1 Å². The number of nitrogens with one attached hydrogen (secondary N) is 1. The van der Waals surface area contributed by atoms with E-state index in [1.165, 1.54) is 13.2 Å². The summed E-state index contributed by atoms with van der Waals surface area (Å²) in [6.45, 7) is 0.524. The highest BCUT2D eigenvalue weighted by atomic mass is 19.1. The summed E-state index contributed by atoms with van der Waals surface area (Å²) < 4.78 is 18.6. The molecule has 106 valence electrons. The van der Waals surface area contributed by atoms with Crippen LogP contribution in [0.4, 0.5) is 10.1 Å². The first-order valence-electron chi connectivity index (χ1n) is 6.68. The van der Waals surface area contributed by atoms with Crippen LogP contribution in [0.15, 0.2) is 54.7 Å². The molecule has 3 rings (SSSR count). The Morgan fingerprint density at radius 2 is 2.00 bits per heavy atom. The van der Waals surface area contributed by atoms with E-state index in [-0.39, 0.29) is 11.6 Å². The van der Waals surface area contributed by atoms with Gasteiger partial charge in [-0.05, 0) is 29.8 Å². The van der Waals surface area contributed by atoms with Gasteiger partial charge in [-0.3, -0.25) is 4.98 Å². The summed E-state index contributed by atoms with van der Waals surface area (Å²) in [5.74, 6) is -0.0987. The van der Waals surface area contributed by atoms with Crippen molar-refractivity contribution in [1.29, 1.82) is 0 Å². The lowest BCUT2D eigenvalue weighted by Crippen LogP contribution is -2.01. The molecule has 0 bridgehead atoms. The quantitative estimate of drug-likeness (QED) is 0.785. The SMILES string of the molecule is COc1ccc(CNc2cccc3cccnc23)cc1F. The van der Waals surface area contributed by atoms with Crippen molar-refractivity contribution in [2.45, 2.75) is 6.54 Å². The van der Waals surface area contributed by atoms with Crippen molar-refractivity contribution in [2.24, 2.45) is 0 Å². The molecule has 0 radical (unpaired) electrons. The Kier molecular flexibility index (Phi) is 3.69. The van der Waals surface area contributed by atoms with Gasteiger partial charge in [0.2, 0.25) is 0 Å². The second-order valence-electron chi connectivity index (χ2n) is 4.70. The monoisotopic (exact) mass is 282 g/mol. The minimum absolute atomic E-state index is 0.255. The zero-order valence-electron chi connectivity index (χ0n) is 11.6. The summed E-state index contributed by atoms with van der Waals surface area (Å²) >= 11 is 0. The Morgan fingerprint density at radius 1 is 1.14 bits per heavy atom. The Labute approximate surface area is 122 Å². The zero-order valence-corrected chi connectivity index (χ0v) is 11.6. The van der Waals surface area contributed by atoms with E-state index in [0.29, 0.717) is 6.54 Å². The Bertz CT molecular complexity index is 768. The molecule has 2 aromatic carbocycles. The number of fused-ring (bicyclic) bond motifs is 1. The van der Waals surface area contributed by atoms with Gasteiger partial charge in [-0.15, -0.1) is 0 Å². The molecule has 3 nitrogen and oxygen atoms in total. The van der Waals surface area contributed by atoms with Gasteiger partial charge in [0.1, 0.15) is 0 Å². The molecule has 0 fully saturated rings. The Morgan fingerprint density at radius 3 is 2.81 bits per heavy atom. The lowest BCUT2D eigenvalue weighted by Gasteiger charge is -2.10. The van der Waals surface area contributed by atoms with Crippen LogP contribution in [0.5, 0.6) is 5.75 Å². The number of halogens is 1. The number of hydrogen-bond donors (Lipinski definition) is 1. The number of hydrogen-bond acceptors (Lipinski definition) is 3. The molecule has 0 aliphatic carbocycles. The normalized spacial score (nSPS) is 10.6. The van der Waals surface area contributed by atoms with Gasteiger partial charge in [-0.1, -0.05) is 24.3 Å². The maximum atomic E-state index is 13.7. The van der Waals surface area contributed by atoms with Gasteiger partial charge in [0, 0.05) is 18.1 Å². The molecule has 1 heterocycles. The van der Waals surface area contributed by atoms with Gasteiger partial charge in [0.15, 0.2) is 11.6 Å². The number of pyridine rings is 1. The molecule has 0 atom stereocenters. The number of ether oxygens (including phenoxy) is 1. The standard InChI is InChI=1S/C17H15FN2O/c1-21-16-8-7-12(10-14(16)18)11-20-15-6-2-4-13-5-3-9-19-17(13)15/h2-10,20H,11H2,1H3. The van der Waals surface area contributed by atoms with Crippen molar-refractivity contribution < 1.29 is 9.13 Å². The van der Waals surface area contributed by atoms with Crippen LogP contribution in [0.25, 0.3) is 10.9 Å². The third-order valence-electron chi connectivity index (χ3n) is 3.33. The summed E-state index contributed by atoms with van der Waals surface area (Å²) in [7, 11) is 1.46. The molecular formula is C17H15FN2O. The van der Waals surface area contributed by atoms with Gasteiger partial charge in [-0.25, -0.2) is 4.39 Å². The molecule has 21 heavy (non-hydrogen) atoms. The summed E-state index contributed by atoms with van der Waals surface area (Å²) in [5.41, 5.74) is 2.69. The molecular weight excluding hydrogens is 267 g/mol. The molecule has 4 heteroatoms. The molecule has 1 aromatic heterocycles. The number of anilines is 1. The average molecular weight is 282 g/mol. The number of aromatic nitrogens is 1. The predicted octanol–water partition coefficient (Wildman–Crippen LogP) is 3.99. The lowest BCUT2D eigenvalue weighted by atomic mass is 10.1. The molecule has 0 aliphatic rings. The van der Waals surface area contributed by atoms with Crippen LogP contribution in [-0.4, -0.2) is 12.1 Å². The lowest BCUT2D eigenvalue weighted by molar-refractivity contribution is 0.386. The minimum Gasteiger partial charge on any atom is -0.494 e. The van der Waals surface area contributed by atoms with E-state index >= 15 is 0 Å². The number of rotatable bonds is 4. The predicted molar refractivity (Wildman–Crippen MR) is 82.0 cm³/mol. The summed E-state index contributed by atoms with van der Waals surface area (Å²) in [6, 6.07) is 14.8. The van der Waals surface area contributed by atoms with Gasteiger partial charge < -0.3 is 10.1 Å². The van der Waals surface area contributed by atoms with E-state index in [9.17, 15) is 4.39 Å². The Balaban J connectivity index is 1.82. The highest BCUT2D eigenvalue weighted by Crippen LogP contribution is 2.22. The average Bonchev–Trinajstić information content (AvgIpc) is 2.53. The van der Waals surface area contributed by atoms with Crippen molar-refractivity contribution in [2.75, 3.05) is 12.4 Å². The second-order valence-corrected chi connectivity index (χ2v) is 4.70. The molecule has 0 unspecified atom stereocenters. The van der Waals surface area contributed by atoms with Gasteiger partial charge >= 0.3 is 0 Å². The highest BCUT2D eigenvalue weighted by molar-refractivity contribution is 5.90. The smallest absolute Gasteiger partial charge is 0.165 e. The van der Waals surface area contributed by atoms with E-state index in [0.717, 1.165) is 22.2 Å². The summed E-state index contributed by atoms with van der Waals surface area (Å²) in [5, 5.41) is 4.37. The number of para-hydroxylation sites is 1. The molecule has 1 N–H and O–H groups in total. The Hall–Kier alpha value is -2.62. The first kappa shape index (κ1) is 13.4. The molecule has 0 saturated heterocycles. The second kappa shape index (κ2) is 5.79. The topological polar surface area (TPSA) is 34.1 Å². The van der Waals surface area contributed by atoms with E-state index in [1.54, 1.807) is 12.3 Å². The van der Waals surface area contributed by atoms with Crippen molar-refractivity contribution in [3.8, 4) is 5.75 Å². The van der Waals surface area contributed by atoms with Gasteiger partial charge in [-0.2, -0.15) is 0 Å². The fourth-order valence-corrected chi connectivity index (χ4v) is 2.26. The molecule has 0 amide bonds. The molecule has 0 aliphatic heterocycles. The molecule has 3 aromatic rings. The minimum atomic E-state index is -0.354. The van der Waals surface area contributed by atoms with Crippen LogP contribution in [0, 0.1) is 5.82 Å². The van der Waals surface area contributed by atoms with Crippen molar-refractivity contribution in [1.82, 2.24) is 4.98 Å². The molecule has 0 saturated carbocycles. The largest absolute Gasteiger partial charge is 0.494 e. The number of benzene rings is 2. The fraction of sp³-hybridized carbons (Fsp3) is 0.118. The van der Waals surface area contributed by atoms with Crippen LogP contribution in [0.2, 0.25) is 0 Å². The number of nitrogens with zero attached hydrogens (tertiary/aromatic N) is 1. The third kappa shape index (κ3) is 2.79. The highest BCUT2D eigenvalue weighted by Gasteiger charge is 2.05. The van der Waals surface area contributed by atoms with Crippen LogP contribution in [-0.2, 0) is 6.54 Å². The van der Waals surface area contributed by atoms with E-state index in [4.69, 9.17) is 4.74 Å². The first-order chi connectivity index (χ1) is 10.3.